The molecule has 0 N–H and O–H groups in total. The Morgan fingerprint density at radius 3 is 0.750 bits per heavy atom. The van der Waals surface area contributed by atoms with Gasteiger partial charge >= 0.3 is 103 Å². The van der Waals surface area contributed by atoms with Crippen molar-refractivity contribution < 1.29 is 146 Å². The van der Waals surface area contributed by atoms with E-state index in [0.717, 1.165) is 39.3 Å². The smallest absolute Gasteiger partial charge is 0.652 e. The van der Waals surface area contributed by atoms with Crippen LogP contribution in [0.2, 0.25) is 0 Å². The Labute approximate surface area is 276 Å². The molecule has 3 rings (SSSR count). The molecule has 3 fully saturated rings. The quantitative estimate of drug-likeness (QED) is 0.286. The van der Waals surface area contributed by atoms with Gasteiger partial charge in [0.2, 0.25) is 0 Å². The van der Waals surface area contributed by atoms with E-state index in [1.54, 1.807) is 0 Å². The second kappa shape index (κ2) is 27.8. The third-order valence-corrected chi connectivity index (χ3v) is 4.43. The van der Waals surface area contributed by atoms with Crippen molar-refractivity contribution in [2.45, 2.75) is 0 Å². The molecule has 0 amide bonds. The van der Waals surface area contributed by atoms with Gasteiger partial charge in [0.15, 0.2) is 0 Å². The van der Waals surface area contributed by atoms with Gasteiger partial charge in [-0.25, -0.2) is 0 Å². The Hall–Kier alpha value is 2.22. The number of nitrogens with zero attached hydrogens (tertiary/aromatic N) is 2. The SMILES string of the molecule is C1COCCN2CCOCCOCCN(CCO1)CCOCCOCC2.O=C([O-])[O-].[K+].[K+]. The number of ether oxygens (including phenoxy) is 6. The van der Waals surface area contributed by atoms with E-state index in [-0.39, 0.29) is 103 Å². The normalized spacial score (nSPS) is 25.5. The second-order valence-electron chi connectivity index (χ2n) is 6.61. The largest absolute Gasteiger partial charge is 1.00 e. The topological polar surface area (TPSA) is 125 Å². The van der Waals surface area contributed by atoms with Crippen molar-refractivity contribution in [2.75, 3.05) is 119 Å². The molecule has 0 unspecified atom stereocenters. The van der Waals surface area contributed by atoms with Crippen molar-refractivity contribution in [3.63, 3.8) is 0 Å². The molecule has 0 spiro atoms. The number of carbonyl (C=O) groups is 1. The maximum absolute atomic E-state index is 8.33. The Kier molecular flexibility index (Phi) is 31.6. The molecule has 11 nitrogen and oxygen atoms in total. The molecular weight excluding hydrogens is 478 g/mol. The van der Waals surface area contributed by atoms with Crippen LogP contribution in [0.25, 0.3) is 0 Å². The van der Waals surface area contributed by atoms with E-state index >= 15 is 0 Å². The number of carbonyl (C=O) groups excluding carboxylic acids is 1. The Bertz CT molecular complexity index is 333. The fourth-order valence-electron chi connectivity index (χ4n) is 2.80. The van der Waals surface area contributed by atoms with E-state index in [1.165, 1.54) is 0 Å². The molecule has 0 radical (unpaired) electrons. The zero-order chi connectivity index (χ0) is 21.7. The first-order valence-electron chi connectivity index (χ1n) is 10.5. The molecule has 178 valence electrons. The molecule has 3 saturated heterocycles. The van der Waals surface area contributed by atoms with Gasteiger partial charge in [0.25, 0.3) is 0 Å². The molecule has 2 bridgehead atoms. The summed E-state index contributed by atoms with van der Waals surface area (Å²) in [6, 6.07) is 0. The first-order chi connectivity index (χ1) is 14.7. The van der Waals surface area contributed by atoms with Crippen LogP contribution in [0.1, 0.15) is 0 Å². The van der Waals surface area contributed by atoms with Crippen LogP contribution in [0.5, 0.6) is 0 Å². The molecule has 0 aromatic heterocycles. The first kappa shape index (κ1) is 36.4. The Morgan fingerprint density at radius 1 is 0.438 bits per heavy atom. The van der Waals surface area contributed by atoms with Crippen LogP contribution >= 0.6 is 0 Å². The van der Waals surface area contributed by atoms with E-state index in [1.807, 2.05) is 0 Å². The van der Waals surface area contributed by atoms with Crippen molar-refractivity contribution in [2.24, 2.45) is 0 Å². The van der Waals surface area contributed by atoms with E-state index in [0.29, 0.717) is 79.3 Å². The van der Waals surface area contributed by atoms with E-state index in [2.05, 4.69) is 9.80 Å². The van der Waals surface area contributed by atoms with Gasteiger partial charge in [-0.1, -0.05) is 0 Å². The van der Waals surface area contributed by atoms with Crippen molar-refractivity contribution in [3.05, 3.63) is 0 Å². The predicted octanol–water partition coefficient (Wildman–Crippen LogP) is -8.72. The van der Waals surface area contributed by atoms with Gasteiger partial charge in [-0.05, 0) is 6.16 Å². The summed E-state index contributed by atoms with van der Waals surface area (Å²) in [5.74, 6) is 0. The molecule has 0 saturated carbocycles. The molecule has 0 aliphatic carbocycles. The molecule has 0 atom stereocenters. The monoisotopic (exact) mass is 514 g/mol. The number of rotatable bonds is 0. The van der Waals surface area contributed by atoms with Crippen LogP contribution in [0.3, 0.4) is 0 Å². The fraction of sp³-hybridized carbons (Fsp3) is 0.947. The van der Waals surface area contributed by atoms with E-state index < -0.39 is 6.16 Å². The van der Waals surface area contributed by atoms with Crippen LogP contribution in [0, 0.1) is 0 Å². The van der Waals surface area contributed by atoms with Gasteiger partial charge in [0.05, 0.1) is 79.3 Å². The summed E-state index contributed by atoms with van der Waals surface area (Å²) < 4.78 is 34.2. The molecule has 32 heavy (non-hydrogen) atoms. The standard InChI is InChI=1S/C18H36N2O6.CH2O3.2K/c1-7-21-13-14-24-10-4-20-5-11-25-17-15-22-8-2-19(1)3-9-23-16-18-26-12-6-20;2-1(3)4;;/h1-18H2;(H2,2,3,4);;/q;;2*+1/p-2. The summed E-state index contributed by atoms with van der Waals surface area (Å²) in [6.45, 7) is 13.2. The van der Waals surface area contributed by atoms with Crippen LogP contribution in [0.4, 0.5) is 4.79 Å². The molecular formula is C19H36K2N2O9. The zero-order valence-electron chi connectivity index (χ0n) is 19.8. The average molecular weight is 515 g/mol. The van der Waals surface area contributed by atoms with E-state index in [4.69, 9.17) is 43.4 Å². The summed E-state index contributed by atoms with van der Waals surface area (Å²) in [6.07, 6.45) is -2.33. The molecule has 3 heterocycles. The first-order valence-corrected chi connectivity index (χ1v) is 10.5. The Morgan fingerprint density at radius 2 is 0.594 bits per heavy atom. The summed E-state index contributed by atoms with van der Waals surface area (Å²) in [5.41, 5.74) is 0. The van der Waals surface area contributed by atoms with Gasteiger partial charge in [-0.2, -0.15) is 0 Å². The van der Waals surface area contributed by atoms with Gasteiger partial charge in [-0.15, -0.1) is 0 Å². The third-order valence-electron chi connectivity index (χ3n) is 4.43. The van der Waals surface area contributed by atoms with Crippen LogP contribution in [0.15, 0.2) is 0 Å². The van der Waals surface area contributed by atoms with Gasteiger partial charge in [0.1, 0.15) is 0 Å². The van der Waals surface area contributed by atoms with Gasteiger partial charge < -0.3 is 43.4 Å². The number of carboxylic acid groups (broad SMARTS) is 2. The average Bonchev–Trinajstić information content (AvgIpc) is 2.70. The number of hydrogen-bond acceptors (Lipinski definition) is 11. The summed E-state index contributed by atoms with van der Waals surface area (Å²) >= 11 is 0. The minimum absolute atomic E-state index is 0. The van der Waals surface area contributed by atoms with Gasteiger partial charge in [0, 0.05) is 39.3 Å². The van der Waals surface area contributed by atoms with Crippen molar-refractivity contribution in [3.8, 4) is 0 Å². The van der Waals surface area contributed by atoms with Crippen LogP contribution in [-0.2, 0) is 28.4 Å². The minimum atomic E-state index is -2.33. The summed E-state index contributed by atoms with van der Waals surface area (Å²) in [7, 11) is 0. The van der Waals surface area contributed by atoms with Crippen molar-refractivity contribution in [1.82, 2.24) is 9.80 Å². The van der Waals surface area contributed by atoms with Gasteiger partial charge in [-0.3, -0.25) is 9.80 Å². The predicted molar refractivity (Wildman–Crippen MR) is 103 cm³/mol. The van der Waals surface area contributed by atoms with E-state index in [9.17, 15) is 0 Å². The third kappa shape index (κ3) is 25.3. The fourth-order valence-corrected chi connectivity index (χ4v) is 2.80. The summed E-state index contributed by atoms with van der Waals surface area (Å²) in [5, 5.41) is 16.7. The molecule has 3 aliphatic rings. The zero-order valence-corrected chi connectivity index (χ0v) is 26.0. The number of hydrogen-bond donors (Lipinski definition) is 0. The second-order valence-corrected chi connectivity index (χ2v) is 6.61. The summed E-state index contributed by atoms with van der Waals surface area (Å²) in [4.78, 5) is 13.0. The molecule has 0 aromatic rings. The minimum Gasteiger partial charge on any atom is -0.652 e. The molecule has 3 aliphatic heterocycles. The number of fused-ring (bicyclic) bond motifs is 21. The molecule has 0 aromatic carbocycles. The maximum Gasteiger partial charge on any atom is 1.00 e. The van der Waals surface area contributed by atoms with Crippen LogP contribution < -0.4 is 113 Å². The van der Waals surface area contributed by atoms with Crippen molar-refractivity contribution >= 4 is 6.16 Å². The maximum atomic E-state index is 8.33. The Balaban J connectivity index is 0. The van der Waals surface area contributed by atoms with Crippen molar-refractivity contribution in [1.29, 1.82) is 0 Å². The van der Waals surface area contributed by atoms with Crippen LogP contribution in [-0.4, -0.2) is 135 Å². The molecule has 13 heteroatoms.